The third-order valence-electron chi connectivity index (χ3n) is 4.93. The number of fused-ring (bicyclic) bond motifs is 1. The number of rotatable bonds is 7. The van der Waals surface area contributed by atoms with Gasteiger partial charge in [0, 0.05) is 35.1 Å². The van der Waals surface area contributed by atoms with Crippen molar-refractivity contribution in [3.63, 3.8) is 0 Å². The van der Waals surface area contributed by atoms with Gasteiger partial charge in [0.25, 0.3) is 0 Å². The number of sulfonamides is 1. The molecule has 0 radical (unpaired) electrons. The molecule has 1 aliphatic carbocycles. The van der Waals surface area contributed by atoms with Crippen molar-refractivity contribution in [1.29, 1.82) is 0 Å². The lowest BCUT2D eigenvalue weighted by molar-refractivity contribution is -0.159. The Kier molecular flexibility index (Phi) is 8.78. The number of hydrogen-bond acceptors (Lipinski definition) is 5. The van der Waals surface area contributed by atoms with E-state index in [0.29, 0.717) is 0 Å². The number of H-pyrrole nitrogens is 1. The van der Waals surface area contributed by atoms with Crippen molar-refractivity contribution in [2.75, 3.05) is 20.6 Å². The predicted octanol–water partition coefficient (Wildman–Crippen LogP) is 2.26. The maximum absolute atomic E-state index is 12.2. The second-order valence-electron chi connectivity index (χ2n) is 7.73. The van der Waals surface area contributed by atoms with E-state index in [4.69, 9.17) is 19.8 Å². The molecule has 9 nitrogen and oxygen atoms in total. The van der Waals surface area contributed by atoms with Gasteiger partial charge in [-0.15, -0.1) is 0 Å². The van der Waals surface area contributed by atoms with Gasteiger partial charge in [-0.3, -0.25) is 0 Å². The molecule has 1 aromatic carbocycles. The van der Waals surface area contributed by atoms with E-state index in [1.54, 1.807) is 6.08 Å². The molecule has 0 saturated heterocycles. The molecule has 170 valence electrons. The van der Waals surface area contributed by atoms with Crippen LogP contribution in [0.25, 0.3) is 17.0 Å². The van der Waals surface area contributed by atoms with Crippen LogP contribution in [-0.2, 0) is 26.0 Å². The van der Waals surface area contributed by atoms with Gasteiger partial charge in [0.1, 0.15) is 0 Å². The highest BCUT2D eigenvalue weighted by molar-refractivity contribution is 7.92. The van der Waals surface area contributed by atoms with Crippen LogP contribution in [0.5, 0.6) is 0 Å². The lowest BCUT2D eigenvalue weighted by Gasteiger charge is -2.09. The number of hydrogen-bond donors (Lipinski definition) is 4. The minimum atomic E-state index is -3.38. The van der Waals surface area contributed by atoms with Gasteiger partial charge in [-0.25, -0.2) is 22.7 Å². The normalized spacial score (nSPS) is 14.8. The first-order valence-electron chi connectivity index (χ1n) is 9.99. The zero-order valence-corrected chi connectivity index (χ0v) is 18.5. The summed E-state index contributed by atoms with van der Waals surface area (Å²) in [4.78, 5) is 23.6. The molecule has 3 rings (SSSR count). The Morgan fingerprint density at radius 2 is 1.84 bits per heavy atom. The number of aromatic amines is 1. The van der Waals surface area contributed by atoms with Crippen LogP contribution in [0.1, 0.15) is 36.8 Å². The first kappa shape index (κ1) is 24.6. The van der Waals surface area contributed by atoms with E-state index in [-0.39, 0.29) is 6.04 Å². The highest BCUT2D eigenvalue weighted by Gasteiger charge is 2.19. The lowest BCUT2D eigenvalue weighted by atomic mass is 10.1. The fourth-order valence-corrected chi connectivity index (χ4v) is 4.45. The third kappa shape index (κ3) is 8.16. The van der Waals surface area contributed by atoms with Crippen molar-refractivity contribution >= 4 is 38.9 Å². The molecule has 1 saturated carbocycles. The summed E-state index contributed by atoms with van der Waals surface area (Å²) in [7, 11) is 0.742. The van der Waals surface area contributed by atoms with E-state index >= 15 is 0 Å². The van der Waals surface area contributed by atoms with Crippen LogP contribution in [0.2, 0.25) is 0 Å². The molecule has 10 heteroatoms. The summed E-state index contributed by atoms with van der Waals surface area (Å²) in [5, 5.41) is 17.2. The van der Waals surface area contributed by atoms with Crippen LogP contribution < -0.4 is 4.72 Å². The van der Waals surface area contributed by atoms with Crippen LogP contribution >= 0.6 is 0 Å². The molecule has 1 fully saturated rings. The van der Waals surface area contributed by atoms with Crippen LogP contribution in [-0.4, -0.2) is 67.1 Å². The number of nitrogens with zero attached hydrogens (tertiary/aromatic N) is 1. The number of carboxylic acid groups (broad SMARTS) is 2. The summed E-state index contributed by atoms with van der Waals surface area (Å²) in [6.07, 6.45) is 8.78. The molecule has 0 unspecified atom stereocenters. The fourth-order valence-electron chi connectivity index (χ4n) is 3.33. The monoisotopic (exact) mass is 451 g/mol. The molecule has 0 atom stereocenters. The Morgan fingerprint density at radius 1 is 1.19 bits per heavy atom. The van der Waals surface area contributed by atoms with Crippen molar-refractivity contribution in [1.82, 2.24) is 14.6 Å². The van der Waals surface area contributed by atoms with Crippen molar-refractivity contribution in [3.8, 4) is 0 Å². The standard InChI is InChI=1S/C19H27N3O2S.C2H2O4/c1-22(2)11-9-16-14-20-19-8-7-15(13-18(16)19)10-12-25(23,24)21-17-5-3-4-6-17;3-1(4)2(5)6/h7-8,10,12-14,17,20-21H,3-6,9,11H2,1-2H3;(H,3,4)(H,5,6)/b12-10+;. The molecule has 0 bridgehead atoms. The van der Waals surface area contributed by atoms with Gasteiger partial charge >= 0.3 is 11.9 Å². The third-order valence-corrected chi connectivity index (χ3v) is 6.08. The van der Waals surface area contributed by atoms with Crippen LogP contribution in [0.15, 0.2) is 29.8 Å². The highest BCUT2D eigenvalue weighted by Crippen LogP contribution is 2.22. The second kappa shape index (κ2) is 11.1. The van der Waals surface area contributed by atoms with E-state index in [0.717, 1.165) is 55.1 Å². The number of benzene rings is 1. The number of aromatic nitrogens is 1. The predicted molar refractivity (Wildman–Crippen MR) is 119 cm³/mol. The number of carboxylic acids is 2. The van der Waals surface area contributed by atoms with E-state index in [9.17, 15) is 8.42 Å². The number of carbonyl (C=O) groups is 2. The Labute approximate surface area is 181 Å². The van der Waals surface area contributed by atoms with E-state index < -0.39 is 22.0 Å². The Bertz CT molecular complexity index is 1020. The van der Waals surface area contributed by atoms with Gasteiger partial charge in [-0.2, -0.15) is 0 Å². The average molecular weight is 452 g/mol. The molecule has 0 spiro atoms. The Balaban J connectivity index is 0.000000501. The lowest BCUT2D eigenvalue weighted by Crippen LogP contribution is -2.30. The zero-order chi connectivity index (χ0) is 23.0. The summed E-state index contributed by atoms with van der Waals surface area (Å²) in [5.74, 6) is -3.65. The molecule has 1 heterocycles. The van der Waals surface area contributed by atoms with Gasteiger partial charge < -0.3 is 20.1 Å². The summed E-state index contributed by atoms with van der Waals surface area (Å²) in [6, 6.07) is 6.10. The topological polar surface area (TPSA) is 140 Å². The molecule has 1 aromatic heterocycles. The number of nitrogens with one attached hydrogen (secondary N) is 2. The molecular weight excluding hydrogens is 422 g/mol. The van der Waals surface area contributed by atoms with Gasteiger partial charge in [-0.05, 0) is 62.7 Å². The van der Waals surface area contributed by atoms with Crippen LogP contribution in [0.4, 0.5) is 0 Å². The maximum atomic E-state index is 12.2. The summed E-state index contributed by atoms with van der Waals surface area (Å²) in [6.45, 7) is 0.979. The van der Waals surface area contributed by atoms with Crippen LogP contribution in [0.3, 0.4) is 0 Å². The van der Waals surface area contributed by atoms with Crippen molar-refractivity contribution in [2.24, 2.45) is 0 Å². The van der Waals surface area contributed by atoms with Crippen molar-refractivity contribution < 1.29 is 28.2 Å². The molecule has 2 aromatic rings. The largest absolute Gasteiger partial charge is 0.473 e. The summed E-state index contributed by atoms with van der Waals surface area (Å²) in [5.41, 5.74) is 3.23. The second-order valence-corrected chi connectivity index (χ2v) is 9.33. The van der Waals surface area contributed by atoms with Gasteiger partial charge in [-0.1, -0.05) is 18.9 Å². The fraction of sp³-hybridized carbons (Fsp3) is 0.429. The van der Waals surface area contributed by atoms with Gasteiger partial charge in [0.2, 0.25) is 10.0 Å². The Morgan fingerprint density at radius 3 is 2.42 bits per heavy atom. The molecule has 0 aliphatic heterocycles. The number of likely N-dealkylation sites (N-methyl/N-ethyl adjacent to an activating group) is 1. The first-order chi connectivity index (χ1) is 14.6. The quantitative estimate of drug-likeness (QED) is 0.473. The average Bonchev–Trinajstić information content (AvgIpc) is 3.34. The number of aliphatic carboxylic acids is 2. The van der Waals surface area contributed by atoms with Crippen molar-refractivity contribution in [3.05, 3.63) is 40.9 Å². The Hall–Kier alpha value is -2.69. The maximum Gasteiger partial charge on any atom is 0.414 e. The molecule has 4 N–H and O–H groups in total. The van der Waals surface area contributed by atoms with E-state index in [2.05, 4.69) is 34.8 Å². The summed E-state index contributed by atoms with van der Waals surface area (Å²) >= 11 is 0. The smallest absolute Gasteiger partial charge is 0.414 e. The molecule has 1 aliphatic rings. The molecule has 0 amide bonds. The van der Waals surface area contributed by atoms with Crippen LogP contribution in [0, 0.1) is 0 Å². The summed E-state index contributed by atoms with van der Waals surface area (Å²) < 4.78 is 27.2. The van der Waals surface area contributed by atoms with Gasteiger partial charge in [0.05, 0.1) is 0 Å². The van der Waals surface area contributed by atoms with E-state index in [1.165, 1.54) is 11.0 Å². The zero-order valence-electron chi connectivity index (χ0n) is 17.7. The minimum absolute atomic E-state index is 0.0967. The van der Waals surface area contributed by atoms with E-state index in [1.807, 2.05) is 18.3 Å². The molecular formula is C21H29N3O6S. The minimum Gasteiger partial charge on any atom is -0.473 e. The highest BCUT2D eigenvalue weighted by atomic mass is 32.2. The molecule has 31 heavy (non-hydrogen) atoms. The van der Waals surface area contributed by atoms with Gasteiger partial charge in [0.15, 0.2) is 0 Å². The SMILES string of the molecule is CN(C)CCc1c[nH]c2ccc(/C=C/S(=O)(=O)NC3CCCC3)cc12.O=C(O)C(=O)O. The first-order valence-corrected chi connectivity index (χ1v) is 11.5. The van der Waals surface area contributed by atoms with Crippen molar-refractivity contribution in [2.45, 2.75) is 38.1 Å².